The van der Waals surface area contributed by atoms with E-state index in [1.54, 1.807) is 10.9 Å². The number of thiazole rings is 1. The number of hydrogen-bond donors (Lipinski definition) is 1. The van der Waals surface area contributed by atoms with Crippen molar-refractivity contribution in [1.82, 2.24) is 34.8 Å². The van der Waals surface area contributed by atoms with Crippen molar-refractivity contribution >= 4 is 17.4 Å². The third-order valence-electron chi connectivity index (χ3n) is 6.02. The van der Waals surface area contributed by atoms with E-state index >= 15 is 0 Å². The number of amides is 1. The minimum absolute atomic E-state index is 0.0796. The number of fused-ring (bicyclic) bond motifs is 3. The molecule has 0 saturated carbocycles. The summed E-state index contributed by atoms with van der Waals surface area (Å²) in [6.07, 6.45) is 0.362. The molecule has 5 rings (SSSR count). The SMILES string of the molecule is CC(C)(Cn1cc(-c2ccc3c(c2)OCCc2sc(-c4ncnn4CC(F)(F)F)nc2-3)cn1)NC(=O)OC(C)(C)C. The number of ether oxygens (including phenoxy) is 2. The predicted molar refractivity (Wildman–Crippen MR) is 146 cm³/mol. The van der Waals surface area contributed by atoms with E-state index in [0.29, 0.717) is 36.0 Å². The van der Waals surface area contributed by atoms with Crippen LogP contribution in [0, 0.1) is 0 Å². The van der Waals surface area contributed by atoms with Gasteiger partial charge in [-0.1, -0.05) is 6.07 Å². The molecule has 218 valence electrons. The van der Waals surface area contributed by atoms with Gasteiger partial charge in [-0.05, 0) is 52.3 Å². The molecular weight excluding hydrogens is 559 g/mol. The number of halogens is 3. The number of benzene rings is 1. The number of nitrogens with zero attached hydrogens (tertiary/aromatic N) is 6. The van der Waals surface area contributed by atoms with Gasteiger partial charge < -0.3 is 14.8 Å². The monoisotopic (exact) mass is 589 g/mol. The fraction of sp³-hybridized carbons (Fsp3) is 0.444. The number of alkyl carbamates (subject to hydrolysis) is 1. The largest absolute Gasteiger partial charge is 0.492 e. The third-order valence-corrected chi connectivity index (χ3v) is 7.13. The van der Waals surface area contributed by atoms with Crippen LogP contribution in [0.15, 0.2) is 36.9 Å². The molecule has 1 aliphatic rings. The summed E-state index contributed by atoms with van der Waals surface area (Å²) in [4.78, 5) is 21.9. The second-order valence-corrected chi connectivity index (χ2v) is 12.5. The molecule has 0 radical (unpaired) electrons. The highest BCUT2D eigenvalue weighted by molar-refractivity contribution is 7.15. The van der Waals surface area contributed by atoms with Crippen molar-refractivity contribution in [2.24, 2.45) is 0 Å². The van der Waals surface area contributed by atoms with Gasteiger partial charge in [0.05, 0.1) is 30.6 Å². The van der Waals surface area contributed by atoms with Crippen LogP contribution in [0.3, 0.4) is 0 Å². The zero-order valence-corrected chi connectivity index (χ0v) is 24.1. The molecule has 1 N–H and O–H groups in total. The first-order valence-corrected chi connectivity index (χ1v) is 13.7. The smallest absolute Gasteiger partial charge is 0.408 e. The molecule has 4 aromatic rings. The molecule has 14 heteroatoms. The van der Waals surface area contributed by atoms with Crippen molar-refractivity contribution in [3.05, 3.63) is 41.8 Å². The average molecular weight is 590 g/mol. The van der Waals surface area contributed by atoms with Crippen LogP contribution in [-0.2, 0) is 24.2 Å². The number of hydrogen-bond acceptors (Lipinski definition) is 8. The van der Waals surface area contributed by atoms with E-state index in [4.69, 9.17) is 9.47 Å². The zero-order chi connectivity index (χ0) is 29.6. The lowest BCUT2D eigenvalue weighted by molar-refractivity contribution is -0.142. The van der Waals surface area contributed by atoms with Gasteiger partial charge in [0.1, 0.15) is 24.2 Å². The Kier molecular flexibility index (Phi) is 7.30. The van der Waals surface area contributed by atoms with Crippen molar-refractivity contribution in [3.8, 4) is 39.0 Å². The van der Waals surface area contributed by atoms with Crippen LogP contribution in [0.25, 0.3) is 33.2 Å². The summed E-state index contributed by atoms with van der Waals surface area (Å²) in [6, 6.07) is 5.72. The topological polar surface area (TPSA) is 109 Å². The standard InChI is InChI=1S/C27H30F3N7O3S/c1-25(2,3)40-24(38)35-26(4,5)13-36-12-17(11-32-36)16-6-7-18-19(10-16)39-9-8-20-21(18)34-23(41-20)22-31-15-33-37(22)14-27(28,29)30/h6-7,10-12,15H,8-9,13-14H2,1-5H3,(H,35,38). The number of carbonyl (C=O) groups excluding carboxylic acids is 1. The summed E-state index contributed by atoms with van der Waals surface area (Å²) >= 11 is 1.29. The van der Waals surface area contributed by atoms with Crippen LogP contribution in [0.2, 0.25) is 0 Å². The highest BCUT2D eigenvalue weighted by Crippen LogP contribution is 2.41. The van der Waals surface area contributed by atoms with Crippen LogP contribution in [-0.4, -0.2) is 59.5 Å². The Morgan fingerprint density at radius 1 is 1.12 bits per heavy atom. The molecule has 0 fully saturated rings. The van der Waals surface area contributed by atoms with Gasteiger partial charge in [-0.25, -0.2) is 19.4 Å². The van der Waals surface area contributed by atoms with Gasteiger partial charge in [0.15, 0.2) is 10.8 Å². The van der Waals surface area contributed by atoms with E-state index in [1.165, 1.54) is 11.3 Å². The minimum atomic E-state index is -4.42. The lowest BCUT2D eigenvalue weighted by atomic mass is 10.0. The first-order valence-electron chi connectivity index (χ1n) is 12.9. The molecule has 0 spiro atoms. The lowest BCUT2D eigenvalue weighted by Gasteiger charge is -2.28. The maximum atomic E-state index is 13.0. The van der Waals surface area contributed by atoms with E-state index in [1.807, 2.05) is 59.0 Å². The van der Waals surface area contributed by atoms with Gasteiger partial charge in [-0.3, -0.25) is 4.68 Å². The van der Waals surface area contributed by atoms with Crippen molar-refractivity contribution in [1.29, 1.82) is 0 Å². The number of nitrogens with one attached hydrogen (secondary N) is 1. The number of rotatable bonds is 6. The molecule has 1 aliphatic heterocycles. The Hall–Kier alpha value is -3.94. The lowest BCUT2D eigenvalue weighted by Crippen LogP contribution is -2.48. The minimum Gasteiger partial charge on any atom is -0.492 e. The number of aromatic nitrogens is 6. The van der Waals surface area contributed by atoms with Gasteiger partial charge in [-0.15, -0.1) is 11.3 Å². The highest BCUT2D eigenvalue weighted by atomic mass is 32.1. The first-order chi connectivity index (χ1) is 19.2. The second-order valence-electron chi connectivity index (χ2n) is 11.4. The molecule has 0 unspecified atom stereocenters. The van der Waals surface area contributed by atoms with Gasteiger partial charge >= 0.3 is 12.3 Å². The molecule has 10 nitrogen and oxygen atoms in total. The molecule has 1 amide bonds. The molecular formula is C27H30F3N7O3S. The van der Waals surface area contributed by atoms with E-state index < -0.39 is 30.0 Å². The van der Waals surface area contributed by atoms with Crippen molar-refractivity contribution in [2.75, 3.05) is 6.61 Å². The third kappa shape index (κ3) is 6.87. The van der Waals surface area contributed by atoms with Gasteiger partial charge in [0, 0.05) is 28.6 Å². The van der Waals surface area contributed by atoms with E-state index in [-0.39, 0.29) is 5.82 Å². The predicted octanol–water partition coefficient (Wildman–Crippen LogP) is 5.73. The average Bonchev–Trinajstić information content (AvgIpc) is 3.54. The van der Waals surface area contributed by atoms with Crippen LogP contribution in [0.1, 0.15) is 39.5 Å². The summed E-state index contributed by atoms with van der Waals surface area (Å²) in [5.74, 6) is 0.700. The molecule has 41 heavy (non-hydrogen) atoms. The quantitative estimate of drug-likeness (QED) is 0.306. The molecule has 0 saturated heterocycles. The molecule has 0 atom stereocenters. The number of carbonyl (C=O) groups is 1. The molecule has 3 aromatic heterocycles. The highest BCUT2D eigenvalue weighted by Gasteiger charge is 2.31. The van der Waals surface area contributed by atoms with Crippen molar-refractivity contribution < 1.29 is 27.4 Å². The fourth-order valence-corrected chi connectivity index (χ4v) is 5.49. The van der Waals surface area contributed by atoms with Crippen LogP contribution in [0.5, 0.6) is 5.75 Å². The molecule has 0 aliphatic carbocycles. The Morgan fingerprint density at radius 3 is 2.63 bits per heavy atom. The van der Waals surface area contributed by atoms with Crippen molar-refractivity contribution in [2.45, 2.75) is 71.4 Å². The Bertz CT molecular complexity index is 1570. The van der Waals surface area contributed by atoms with E-state index in [9.17, 15) is 18.0 Å². The zero-order valence-electron chi connectivity index (χ0n) is 23.2. The second kappa shape index (κ2) is 10.5. The van der Waals surface area contributed by atoms with Gasteiger partial charge in [0.25, 0.3) is 0 Å². The summed E-state index contributed by atoms with van der Waals surface area (Å²) in [6.45, 7) is 8.77. The summed E-state index contributed by atoms with van der Waals surface area (Å²) in [5.41, 5.74) is 1.92. The van der Waals surface area contributed by atoms with Crippen LogP contribution < -0.4 is 10.1 Å². The summed E-state index contributed by atoms with van der Waals surface area (Å²) < 4.78 is 53.0. The Balaban J connectivity index is 1.36. The fourth-order valence-electron chi connectivity index (χ4n) is 4.44. The van der Waals surface area contributed by atoms with Gasteiger partial charge in [-0.2, -0.15) is 23.4 Å². The normalized spacial score (nSPS) is 13.7. The molecule has 1 aromatic carbocycles. The van der Waals surface area contributed by atoms with Gasteiger partial charge in [0.2, 0.25) is 0 Å². The maximum absolute atomic E-state index is 13.0. The molecule has 0 bridgehead atoms. The van der Waals surface area contributed by atoms with Crippen LogP contribution in [0.4, 0.5) is 18.0 Å². The molecule has 4 heterocycles. The summed E-state index contributed by atoms with van der Waals surface area (Å²) in [5, 5.41) is 11.5. The van der Waals surface area contributed by atoms with E-state index in [2.05, 4.69) is 25.5 Å². The van der Waals surface area contributed by atoms with Crippen LogP contribution >= 0.6 is 11.3 Å². The van der Waals surface area contributed by atoms with Crippen molar-refractivity contribution in [3.63, 3.8) is 0 Å². The maximum Gasteiger partial charge on any atom is 0.408 e. The number of alkyl halides is 3. The summed E-state index contributed by atoms with van der Waals surface area (Å²) in [7, 11) is 0. The Morgan fingerprint density at radius 2 is 1.90 bits per heavy atom. The first kappa shape index (κ1) is 28.6. The van der Waals surface area contributed by atoms with E-state index in [0.717, 1.165) is 32.6 Å². The Labute approximate surface area is 238 Å².